The Morgan fingerprint density at radius 1 is 0.868 bits per heavy atom. The molecule has 38 heavy (non-hydrogen) atoms. The van der Waals surface area contributed by atoms with Crippen LogP contribution >= 0.6 is 11.8 Å². The van der Waals surface area contributed by atoms with Crippen molar-refractivity contribution in [3.8, 4) is 11.5 Å². The minimum absolute atomic E-state index is 0.00219. The summed E-state index contributed by atoms with van der Waals surface area (Å²) in [5.74, 6) is 0.868. The molecule has 0 radical (unpaired) electrons. The van der Waals surface area contributed by atoms with Gasteiger partial charge in [-0.25, -0.2) is 0 Å². The number of nitro groups is 1. The van der Waals surface area contributed by atoms with Crippen LogP contribution in [0, 0.1) is 10.1 Å². The predicted molar refractivity (Wildman–Crippen MR) is 146 cm³/mol. The molecule has 0 N–H and O–H groups in total. The first kappa shape index (κ1) is 25.0. The van der Waals surface area contributed by atoms with Gasteiger partial charge in [0.15, 0.2) is 0 Å². The average molecular weight is 527 g/mol. The van der Waals surface area contributed by atoms with Gasteiger partial charge in [-0.2, -0.15) is 0 Å². The summed E-state index contributed by atoms with van der Waals surface area (Å²) >= 11 is 0.889. The molecule has 0 aliphatic carbocycles. The van der Waals surface area contributed by atoms with E-state index in [4.69, 9.17) is 9.47 Å². The van der Waals surface area contributed by atoms with Crippen molar-refractivity contribution in [2.75, 3.05) is 13.2 Å². The summed E-state index contributed by atoms with van der Waals surface area (Å²) in [7, 11) is 0. The highest BCUT2D eigenvalue weighted by Gasteiger charge is 2.34. The lowest BCUT2D eigenvalue weighted by Gasteiger charge is -2.14. The molecule has 1 saturated heterocycles. The van der Waals surface area contributed by atoms with Gasteiger partial charge in [0.1, 0.15) is 24.7 Å². The van der Waals surface area contributed by atoms with Crippen molar-refractivity contribution in [2.45, 2.75) is 6.61 Å². The maximum Gasteiger partial charge on any atom is 0.293 e. The molecule has 0 unspecified atom stereocenters. The van der Waals surface area contributed by atoms with Crippen LogP contribution < -0.4 is 9.47 Å². The van der Waals surface area contributed by atoms with E-state index >= 15 is 0 Å². The highest BCUT2D eigenvalue weighted by molar-refractivity contribution is 8.18. The number of hydrogen-bond acceptors (Lipinski definition) is 7. The fraction of sp³-hybridized carbons (Fsp3) is 0.103. The van der Waals surface area contributed by atoms with E-state index in [-0.39, 0.29) is 36.6 Å². The molecule has 0 bridgehead atoms. The normalized spacial score (nSPS) is 14.3. The third-order valence-electron chi connectivity index (χ3n) is 5.96. The molecule has 0 saturated carbocycles. The number of carbonyl (C=O) groups excluding carboxylic acids is 2. The molecule has 190 valence electrons. The smallest absolute Gasteiger partial charge is 0.293 e. The van der Waals surface area contributed by atoms with Crippen LogP contribution in [0.1, 0.15) is 11.1 Å². The van der Waals surface area contributed by atoms with Gasteiger partial charge in [0.05, 0.1) is 21.9 Å². The molecule has 5 rings (SSSR count). The van der Waals surface area contributed by atoms with Crippen LogP contribution in [0.15, 0.2) is 95.9 Å². The number of thioether (sulfide) groups is 1. The number of fused-ring (bicyclic) bond motifs is 1. The van der Waals surface area contributed by atoms with Crippen LogP contribution in [-0.2, 0) is 11.4 Å². The minimum Gasteiger partial charge on any atom is -0.491 e. The lowest BCUT2D eigenvalue weighted by Crippen LogP contribution is -2.32. The number of amides is 2. The Morgan fingerprint density at radius 3 is 2.42 bits per heavy atom. The molecule has 0 aromatic heterocycles. The average Bonchev–Trinajstić information content (AvgIpc) is 3.20. The van der Waals surface area contributed by atoms with Crippen molar-refractivity contribution in [3.05, 3.63) is 117 Å². The highest BCUT2D eigenvalue weighted by atomic mass is 32.2. The van der Waals surface area contributed by atoms with Crippen molar-refractivity contribution in [2.24, 2.45) is 0 Å². The molecule has 8 nitrogen and oxygen atoms in total. The number of imide groups is 1. The second kappa shape index (κ2) is 11.2. The topological polar surface area (TPSA) is 99.0 Å². The molecular weight excluding hydrogens is 504 g/mol. The van der Waals surface area contributed by atoms with Gasteiger partial charge >= 0.3 is 0 Å². The fourth-order valence-electron chi connectivity index (χ4n) is 4.04. The number of ether oxygens (including phenoxy) is 2. The van der Waals surface area contributed by atoms with Crippen LogP contribution in [0.25, 0.3) is 16.8 Å². The van der Waals surface area contributed by atoms with Crippen LogP contribution in [0.5, 0.6) is 11.5 Å². The van der Waals surface area contributed by atoms with Crippen LogP contribution in [-0.4, -0.2) is 34.1 Å². The maximum absolute atomic E-state index is 12.9. The SMILES string of the molecule is O=C1S/C(=C\c2ccc(OCc3ccccc3[N+](=O)[O-])cc2)C(=O)N1CCOc1cccc2ccccc12. The third-order valence-corrected chi connectivity index (χ3v) is 6.86. The summed E-state index contributed by atoms with van der Waals surface area (Å²) in [5, 5.41) is 12.8. The zero-order valence-corrected chi connectivity index (χ0v) is 20.9. The molecule has 1 aliphatic rings. The van der Waals surface area contributed by atoms with Gasteiger partial charge < -0.3 is 9.47 Å². The number of nitro benzene ring substituents is 1. The van der Waals surface area contributed by atoms with E-state index in [1.807, 2.05) is 42.5 Å². The highest BCUT2D eigenvalue weighted by Crippen LogP contribution is 2.33. The molecule has 1 fully saturated rings. The molecule has 1 aliphatic heterocycles. The van der Waals surface area contributed by atoms with Crippen LogP contribution in [0.4, 0.5) is 10.5 Å². The third kappa shape index (κ3) is 5.52. The summed E-state index contributed by atoms with van der Waals surface area (Å²) in [5.41, 5.74) is 1.20. The van der Waals surface area contributed by atoms with Gasteiger partial charge in [0.25, 0.3) is 16.8 Å². The quantitative estimate of drug-likeness (QED) is 0.141. The summed E-state index contributed by atoms with van der Waals surface area (Å²) in [6.07, 6.45) is 1.66. The number of rotatable bonds is 9. The zero-order chi connectivity index (χ0) is 26.5. The van der Waals surface area contributed by atoms with E-state index in [2.05, 4.69) is 0 Å². The van der Waals surface area contributed by atoms with Gasteiger partial charge in [-0.3, -0.25) is 24.6 Å². The van der Waals surface area contributed by atoms with E-state index in [0.29, 0.717) is 22.0 Å². The molecule has 4 aromatic carbocycles. The molecule has 1 heterocycles. The second-order valence-corrected chi connectivity index (χ2v) is 9.40. The second-order valence-electron chi connectivity index (χ2n) is 8.40. The number of para-hydroxylation sites is 1. The van der Waals surface area contributed by atoms with Gasteiger partial charge in [0.2, 0.25) is 0 Å². The van der Waals surface area contributed by atoms with Gasteiger partial charge in [-0.15, -0.1) is 0 Å². The van der Waals surface area contributed by atoms with Crippen molar-refractivity contribution >= 4 is 45.4 Å². The zero-order valence-electron chi connectivity index (χ0n) is 20.1. The first-order valence-electron chi connectivity index (χ1n) is 11.8. The summed E-state index contributed by atoms with van der Waals surface area (Å²) in [4.78, 5) is 37.6. The van der Waals surface area contributed by atoms with Gasteiger partial charge in [-0.1, -0.05) is 60.7 Å². The predicted octanol–water partition coefficient (Wildman–Crippen LogP) is 6.44. The standard InChI is InChI=1S/C29H22N2O6S/c32-28-27(18-20-12-14-23(15-13-20)37-19-22-7-2-4-10-25(22)31(34)35)38-29(33)30(28)16-17-36-26-11-5-8-21-6-1-3-9-24(21)26/h1-15,18H,16-17,19H2/b27-18-. The largest absolute Gasteiger partial charge is 0.491 e. The summed E-state index contributed by atoms with van der Waals surface area (Å²) < 4.78 is 11.6. The lowest BCUT2D eigenvalue weighted by molar-refractivity contribution is -0.385. The van der Waals surface area contributed by atoms with Crippen LogP contribution in [0.2, 0.25) is 0 Å². The molecule has 9 heteroatoms. The molecular formula is C29H22N2O6S. The Hall–Kier alpha value is -4.63. The Bertz CT molecular complexity index is 1550. The van der Waals surface area contributed by atoms with E-state index in [1.54, 1.807) is 48.5 Å². The van der Waals surface area contributed by atoms with Crippen molar-refractivity contribution in [1.29, 1.82) is 0 Å². The Kier molecular flexibility index (Phi) is 7.37. The first-order chi connectivity index (χ1) is 18.5. The molecule has 2 amide bonds. The van der Waals surface area contributed by atoms with Crippen LogP contribution in [0.3, 0.4) is 0 Å². The Morgan fingerprint density at radius 2 is 1.61 bits per heavy atom. The molecule has 0 atom stereocenters. The van der Waals surface area contributed by atoms with Crippen molar-refractivity contribution in [1.82, 2.24) is 4.90 Å². The minimum atomic E-state index is -0.440. The molecule has 0 spiro atoms. The fourth-order valence-corrected chi connectivity index (χ4v) is 4.91. The van der Waals surface area contributed by atoms with E-state index in [9.17, 15) is 19.7 Å². The number of nitrogens with zero attached hydrogens (tertiary/aromatic N) is 2. The summed E-state index contributed by atoms with van der Waals surface area (Å²) in [6, 6.07) is 27.0. The monoisotopic (exact) mass is 526 g/mol. The lowest BCUT2D eigenvalue weighted by atomic mass is 10.1. The van der Waals surface area contributed by atoms with E-state index < -0.39 is 4.92 Å². The Balaban J connectivity index is 1.19. The van der Waals surface area contributed by atoms with E-state index in [0.717, 1.165) is 28.1 Å². The van der Waals surface area contributed by atoms with Crippen molar-refractivity contribution < 1.29 is 24.0 Å². The van der Waals surface area contributed by atoms with Crippen molar-refractivity contribution in [3.63, 3.8) is 0 Å². The number of carbonyl (C=O) groups is 2. The maximum atomic E-state index is 12.9. The van der Waals surface area contributed by atoms with E-state index in [1.165, 1.54) is 11.0 Å². The van der Waals surface area contributed by atoms with Gasteiger partial charge in [-0.05, 0) is 53.1 Å². The number of hydrogen-bond donors (Lipinski definition) is 0. The molecule has 4 aromatic rings. The number of benzene rings is 4. The first-order valence-corrected chi connectivity index (χ1v) is 12.6. The van der Waals surface area contributed by atoms with Gasteiger partial charge in [0, 0.05) is 11.5 Å². The summed E-state index contributed by atoms with van der Waals surface area (Å²) in [6.45, 7) is 0.380. The Labute approximate surface area is 222 Å².